The van der Waals surface area contributed by atoms with Crippen molar-refractivity contribution >= 4 is 5.91 Å². The highest BCUT2D eigenvalue weighted by Gasteiger charge is 2.30. The maximum atomic E-state index is 12.4. The van der Waals surface area contributed by atoms with Crippen LogP contribution in [0, 0.1) is 0 Å². The summed E-state index contributed by atoms with van der Waals surface area (Å²) in [6.45, 7) is 0. The van der Waals surface area contributed by atoms with E-state index in [9.17, 15) is 18.0 Å². The first kappa shape index (κ1) is 13.1. The van der Waals surface area contributed by atoms with Gasteiger partial charge in [0.05, 0.1) is 5.56 Å². The molecule has 0 aliphatic carbocycles. The zero-order valence-electron chi connectivity index (χ0n) is 9.65. The summed E-state index contributed by atoms with van der Waals surface area (Å²) in [4.78, 5) is 15.0. The molecular formula is C11H8F3N3O2. The molecule has 5 nitrogen and oxygen atoms in total. The molecule has 0 aliphatic rings. The molecule has 0 saturated heterocycles. The van der Waals surface area contributed by atoms with E-state index in [0.717, 1.165) is 12.1 Å². The molecule has 2 rings (SSSR count). The van der Waals surface area contributed by atoms with Gasteiger partial charge in [0, 0.05) is 12.6 Å². The van der Waals surface area contributed by atoms with Gasteiger partial charge in [0.25, 0.3) is 0 Å². The van der Waals surface area contributed by atoms with Gasteiger partial charge in [-0.25, -0.2) is 0 Å². The molecule has 0 bridgehead atoms. The molecule has 19 heavy (non-hydrogen) atoms. The molecule has 100 valence electrons. The number of benzene rings is 1. The van der Waals surface area contributed by atoms with Crippen molar-refractivity contribution in [2.45, 2.75) is 6.18 Å². The van der Waals surface area contributed by atoms with E-state index in [0.29, 0.717) is 5.56 Å². The van der Waals surface area contributed by atoms with Crippen LogP contribution in [0.25, 0.3) is 11.4 Å². The second kappa shape index (κ2) is 4.71. The molecule has 1 aromatic heterocycles. The number of amides is 1. The summed E-state index contributed by atoms with van der Waals surface area (Å²) in [5, 5.41) is 5.81. The first-order chi connectivity index (χ1) is 8.91. The maximum Gasteiger partial charge on any atom is 0.416 e. The highest BCUT2D eigenvalue weighted by Crippen LogP contribution is 2.30. The van der Waals surface area contributed by atoms with Gasteiger partial charge >= 0.3 is 18.0 Å². The van der Waals surface area contributed by atoms with Crippen LogP contribution in [0.3, 0.4) is 0 Å². The molecule has 1 amide bonds. The van der Waals surface area contributed by atoms with Crippen molar-refractivity contribution in [2.24, 2.45) is 0 Å². The van der Waals surface area contributed by atoms with E-state index in [-0.39, 0.29) is 11.7 Å². The van der Waals surface area contributed by atoms with E-state index in [1.54, 1.807) is 0 Å². The molecule has 1 aromatic carbocycles. The van der Waals surface area contributed by atoms with Crippen LogP contribution < -0.4 is 5.32 Å². The van der Waals surface area contributed by atoms with Gasteiger partial charge in [0.1, 0.15) is 0 Å². The van der Waals surface area contributed by atoms with Gasteiger partial charge in [0.2, 0.25) is 5.82 Å². The minimum atomic E-state index is -4.40. The lowest BCUT2D eigenvalue weighted by Crippen LogP contribution is -2.17. The second-order valence-corrected chi connectivity index (χ2v) is 3.58. The van der Waals surface area contributed by atoms with Crippen LogP contribution in [-0.4, -0.2) is 23.1 Å². The third kappa shape index (κ3) is 2.72. The number of alkyl halides is 3. The smallest absolute Gasteiger partial charge is 0.351 e. The molecule has 8 heteroatoms. The number of carbonyl (C=O) groups is 1. The summed E-state index contributed by atoms with van der Waals surface area (Å²) < 4.78 is 41.8. The molecule has 0 spiro atoms. The van der Waals surface area contributed by atoms with Crippen molar-refractivity contribution in [2.75, 3.05) is 7.05 Å². The predicted molar refractivity (Wildman–Crippen MR) is 58.1 cm³/mol. The Hall–Kier alpha value is -2.38. The largest absolute Gasteiger partial charge is 0.416 e. The monoisotopic (exact) mass is 271 g/mol. The lowest BCUT2D eigenvalue weighted by Gasteiger charge is -2.05. The maximum absolute atomic E-state index is 12.4. The third-order valence-corrected chi connectivity index (χ3v) is 2.32. The van der Waals surface area contributed by atoms with Gasteiger partial charge in [-0.1, -0.05) is 17.3 Å². The highest BCUT2D eigenvalue weighted by atomic mass is 19.4. The molecule has 1 N–H and O–H groups in total. The van der Waals surface area contributed by atoms with E-state index >= 15 is 0 Å². The number of rotatable bonds is 2. The van der Waals surface area contributed by atoms with Crippen molar-refractivity contribution in [1.29, 1.82) is 0 Å². The Morgan fingerprint density at radius 2 is 1.89 bits per heavy atom. The van der Waals surface area contributed by atoms with Gasteiger partial charge in [-0.3, -0.25) is 4.79 Å². The number of halogens is 3. The molecule has 2 aromatic rings. The van der Waals surface area contributed by atoms with Crippen molar-refractivity contribution in [1.82, 2.24) is 15.5 Å². The Labute approximate surface area is 105 Å². The molecule has 0 fully saturated rings. The fourth-order valence-corrected chi connectivity index (χ4v) is 1.35. The van der Waals surface area contributed by atoms with Crippen LogP contribution in [0.4, 0.5) is 13.2 Å². The van der Waals surface area contributed by atoms with E-state index < -0.39 is 17.6 Å². The third-order valence-electron chi connectivity index (χ3n) is 2.32. The Morgan fingerprint density at radius 1 is 1.26 bits per heavy atom. The zero-order valence-corrected chi connectivity index (χ0v) is 9.65. The molecule has 0 saturated carbocycles. The van der Waals surface area contributed by atoms with E-state index in [1.165, 1.54) is 19.2 Å². The summed E-state index contributed by atoms with van der Waals surface area (Å²) >= 11 is 0. The van der Waals surface area contributed by atoms with Crippen LogP contribution in [0.1, 0.15) is 16.2 Å². The van der Waals surface area contributed by atoms with Crippen LogP contribution >= 0.6 is 0 Å². The predicted octanol–water partition coefficient (Wildman–Crippen LogP) is 2.11. The minimum Gasteiger partial charge on any atom is -0.351 e. The van der Waals surface area contributed by atoms with Gasteiger partial charge in [-0.05, 0) is 12.1 Å². The van der Waals surface area contributed by atoms with Crippen LogP contribution in [-0.2, 0) is 6.18 Å². The number of hydrogen-bond acceptors (Lipinski definition) is 4. The summed E-state index contributed by atoms with van der Waals surface area (Å²) in [7, 11) is 1.39. The van der Waals surface area contributed by atoms with Gasteiger partial charge in [-0.2, -0.15) is 18.2 Å². The van der Waals surface area contributed by atoms with Crippen LogP contribution in [0.15, 0.2) is 28.8 Å². The van der Waals surface area contributed by atoms with E-state index in [4.69, 9.17) is 0 Å². The summed E-state index contributed by atoms with van der Waals surface area (Å²) in [6.07, 6.45) is -4.40. The summed E-state index contributed by atoms with van der Waals surface area (Å²) in [5.41, 5.74) is -0.446. The fraction of sp³-hybridized carbons (Fsp3) is 0.182. The summed E-state index contributed by atoms with van der Waals surface area (Å²) in [5.74, 6) is -0.768. The molecular weight excluding hydrogens is 263 g/mol. The highest BCUT2D eigenvalue weighted by molar-refractivity contribution is 5.89. The second-order valence-electron chi connectivity index (χ2n) is 3.58. The Morgan fingerprint density at radius 3 is 2.42 bits per heavy atom. The SMILES string of the molecule is CNC(=O)c1nc(-c2ccc(C(F)(F)F)cc2)no1. The van der Waals surface area contributed by atoms with E-state index in [2.05, 4.69) is 20.0 Å². The van der Waals surface area contributed by atoms with Crippen molar-refractivity contribution in [3.8, 4) is 11.4 Å². The molecule has 0 aliphatic heterocycles. The average Bonchev–Trinajstić information content (AvgIpc) is 2.86. The zero-order chi connectivity index (χ0) is 14.0. The molecule has 0 atom stereocenters. The Bertz CT molecular complexity index is 590. The Balaban J connectivity index is 2.28. The number of nitrogens with one attached hydrogen (secondary N) is 1. The number of hydrogen-bond donors (Lipinski definition) is 1. The number of nitrogens with zero attached hydrogens (tertiary/aromatic N) is 2. The standard InChI is InChI=1S/C11H8F3N3O2/c1-15-9(18)10-16-8(17-19-10)6-2-4-7(5-3-6)11(12,13)14/h2-5H,1H3,(H,15,18). The molecule has 1 heterocycles. The average molecular weight is 271 g/mol. The number of aromatic nitrogens is 2. The minimum absolute atomic E-state index is 0.0484. The van der Waals surface area contributed by atoms with E-state index in [1.807, 2.05) is 0 Å². The lowest BCUT2D eigenvalue weighted by molar-refractivity contribution is -0.137. The first-order valence-electron chi connectivity index (χ1n) is 5.15. The topological polar surface area (TPSA) is 68.0 Å². The Kier molecular flexibility index (Phi) is 3.24. The van der Waals surface area contributed by atoms with Gasteiger partial charge in [-0.15, -0.1) is 0 Å². The quantitative estimate of drug-likeness (QED) is 0.908. The number of carbonyl (C=O) groups excluding carboxylic acids is 1. The first-order valence-corrected chi connectivity index (χ1v) is 5.15. The van der Waals surface area contributed by atoms with Crippen molar-refractivity contribution in [3.63, 3.8) is 0 Å². The molecule has 0 radical (unpaired) electrons. The van der Waals surface area contributed by atoms with Crippen LogP contribution in [0.5, 0.6) is 0 Å². The lowest BCUT2D eigenvalue weighted by atomic mass is 10.1. The van der Waals surface area contributed by atoms with Crippen molar-refractivity contribution in [3.05, 3.63) is 35.7 Å². The van der Waals surface area contributed by atoms with Gasteiger partial charge in [0.15, 0.2) is 0 Å². The van der Waals surface area contributed by atoms with Gasteiger partial charge < -0.3 is 9.84 Å². The fourth-order valence-electron chi connectivity index (χ4n) is 1.35. The summed E-state index contributed by atoms with van der Waals surface area (Å²) in [6, 6.07) is 4.24. The van der Waals surface area contributed by atoms with Crippen molar-refractivity contribution < 1.29 is 22.5 Å². The van der Waals surface area contributed by atoms with Crippen LogP contribution in [0.2, 0.25) is 0 Å². The molecule has 0 unspecified atom stereocenters. The normalized spacial score (nSPS) is 11.4.